The summed E-state index contributed by atoms with van der Waals surface area (Å²) in [5.74, 6) is -2.87. The van der Waals surface area contributed by atoms with E-state index in [2.05, 4.69) is 0 Å². The molecule has 0 saturated carbocycles. The van der Waals surface area contributed by atoms with E-state index in [1.54, 1.807) is 0 Å². The largest absolute Gasteiger partial charge is 0.463 e. The molecule has 0 aliphatic carbocycles. The van der Waals surface area contributed by atoms with Gasteiger partial charge in [0.05, 0.1) is 0 Å². The number of aliphatic hydroxyl groups excluding tert-OH is 1. The zero-order valence-corrected chi connectivity index (χ0v) is 13.7. The Kier molecular flexibility index (Phi) is 7.11. The molecule has 0 aromatic heterocycles. The van der Waals surface area contributed by atoms with Crippen LogP contribution in [0.4, 0.5) is 0 Å². The molecule has 1 aliphatic heterocycles. The van der Waals surface area contributed by atoms with Gasteiger partial charge in [-0.1, -0.05) is 0 Å². The lowest BCUT2D eigenvalue weighted by molar-refractivity contribution is -0.296. The minimum atomic E-state index is -1.68. The fourth-order valence-corrected chi connectivity index (χ4v) is 2.21. The summed E-state index contributed by atoms with van der Waals surface area (Å²) in [4.78, 5) is 44.9. The Labute approximate surface area is 137 Å². The number of aliphatic hydroxyl groups is 1. The van der Waals surface area contributed by atoms with Crippen molar-refractivity contribution in [2.45, 2.75) is 58.4 Å². The van der Waals surface area contributed by atoms with E-state index in [-0.39, 0.29) is 6.61 Å². The van der Waals surface area contributed by atoms with Crippen LogP contribution in [0.15, 0.2) is 0 Å². The topological polar surface area (TPSA) is 135 Å². The fourth-order valence-electron chi connectivity index (χ4n) is 2.21. The van der Waals surface area contributed by atoms with Gasteiger partial charge in [-0.15, -0.1) is 0 Å². The second kappa shape index (κ2) is 8.60. The Balaban J connectivity index is 3.11. The summed E-state index contributed by atoms with van der Waals surface area (Å²) in [5, 5.41) is 10.0. The summed E-state index contributed by atoms with van der Waals surface area (Å²) >= 11 is 0. The molecule has 1 saturated heterocycles. The van der Waals surface area contributed by atoms with Gasteiger partial charge in [-0.05, 0) is 0 Å². The van der Waals surface area contributed by atoms with E-state index in [4.69, 9.17) is 23.7 Å². The number of carbonyl (C=O) groups is 4. The molecule has 1 aliphatic rings. The Bertz CT molecular complexity index is 502. The lowest BCUT2D eigenvalue weighted by Crippen LogP contribution is -2.62. The van der Waals surface area contributed by atoms with Crippen molar-refractivity contribution in [3.05, 3.63) is 0 Å². The summed E-state index contributed by atoms with van der Waals surface area (Å²) in [6, 6.07) is 0. The highest BCUT2D eigenvalue weighted by Gasteiger charge is 2.51. The summed E-state index contributed by atoms with van der Waals surface area (Å²) in [6.45, 7) is 4.09. The maximum Gasteiger partial charge on any atom is 0.303 e. The van der Waals surface area contributed by atoms with Crippen LogP contribution >= 0.6 is 0 Å². The summed E-state index contributed by atoms with van der Waals surface area (Å²) in [5.41, 5.74) is 0. The average Bonchev–Trinajstić information content (AvgIpc) is 2.42. The number of rotatable bonds is 5. The monoisotopic (exact) mass is 348 g/mol. The van der Waals surface area contributed by atoms with E-state index < -0.39 is 54.6 Å². The first-order valence-electron chi connectivity index (χ1n) is 7.10. The Morgan fingerprint density at radius 1 is 0.792 bits per heavy atom. The van der Waals surface area contributed by atoms with Gasteiger partial charge in [0.15, 0.2) is 24.6 Å². The quantitative estimate of drug-likeness (QED) is 0.490. The molecule has 0 bridgehead atoms. The van der Waals surface area contributed by atoms with Crippen molar-refractivity contribution in [3.8, 4) is 0 Å². The van der Waals surface area contributed by atoms with Gasteiger partial charge in [-0.2, -0.15) is 0 Å². The average molecular weight is 348 g/mol. The van der Waals surface area contributed by atoms with Crippen molar-refractivity contribution in [1.29, 1.82) is 0 Å². The van der Waals surface area contributed by atoms with Gasteiger partial charge in [-0.25, -0.2) is 0 Å². The first kappa shape index (κ1) is 19.8. The van der Waals surface area contributed by atoms with Crippen LogP contribution in [0.5, 0.6) is 0 Å². The van der Waals surface area contributed by atoms with Crippen LogP contribution in [-0.4, -0.2) is 66.3 Å². The molecule has 1 rings (SSSR count). The third-order valence-electron chi connectivity index (χ3n) is 2.97. The zero-order chi connectivity index (χ0) is 18.4. The highest BCUT2D eigenvalue weighted by Crippen LogP contribution is 2.28. The van der Waals surface area contributed by atoms with Crippen molar-refractivity contribution in [3.63, 3.8) is 0 Å². The van der Waals surface area contributed by atoms with Gasteiger partial charge in [0.2, 0.25) is 0 Å². The molecule has 5 atom stereocenters. The lowest BCUT2D eigenvalue weighted by atomic mass is 9.98. The molecule has 0 aromatic carbocycles. The van der Waals surface area contributed by atoms with Gasteiger partial charge >= 0.3 is 23.9 Å². The maximum atomic E-state index is 11.3. The van der Waals surface area contributed by atoms with E-state index in [1.807, 2.05) is 0 Å². The first-order valence-corrected chi connectivity index (χ1v) is 7.10. The highest BCUT2D eigenvalue weighted by molar-refractivity contribution is 5.68. The van der Waals surface area contributed by atoms with Crippen molar-refractivity contribution in [2.24, 2.45) is 0 Å². The first-order chi connectivity index (χ1) is 11.1. The van der Waals surface area contributed by atoms with Crippen LogP contribution < -0.4 is 0 Å². The molecule has 24 heavy (non-hydrogen) atoms. The van der Waals surface area contributed by atoms with Crippen molar-refractivity contribution >= 4 is 23.9 Å². The maximum absolute atomic E-state index is 11.3. The number of hydrogen-bond acceptors (Lipinski definition) is 10. The van der Waals surface area contributed by atoms with Gasteiger partial charge in [0, 0.05) is 27.7 Å². The van der Waals surface area contributed by atoms with Gasteiger partial charge < -0.3 is 28.8 Å². The minimum Gasteiger partial charge on any atom is -0.463 e. The van der Waals surface area contributed by atoms with E-state index in [1.165, 1.54) is 0 Å². The highest BCUT2D eigenvalue weighted by atomic mass is 16.7. The minimum absolute atomic E-state index is 0.366. The van der Waals surface area contributed by atoms with Crippen molar-refractivity contribution in [2.75, 3.05) is 6.61 Å². The van der Waals surface area contributed by atoms with Crippen LogP contribution in [0.1, 0.15) is 27.7 Å². The number of esters is 4. The predicted octanol–water partition coefficient (Wildman–Crippen LogP) is -0.938. The molecular formula is C14H20O10. The molecule has 0 aromatic rings. The van der Waals surface area contributed by atoms with E-state index in [0.717, 1.165) is 27.7 Å². The summed E-state index contributed by atoms with van der Waals surface area (Å²) < 4.78 is 25.0. The van der Waals surface area contributed by atoms with Crippen LogP contribution in [0.2, 0.25) is 0 Å². The van der Waals surface area contributed by atoms with Gasteiger partial charge in [0.25, 0.3) is 0 Å². The van der Waals surface area contributed by atoms with Crippen LogP contribution in [-0.2, 0) is 42.9 Å². The van der Waals surface area contributed by atoms with E-state index in [0.29, 0.717) is 0 Å². The fraction of sp³-hybridized carbons (Fsp3) is 0.714. The normalized spacial score (nSPS) is 29.3. The molecule has 0 spiro atoms. The van der Waals surface area contributed by atoms with Crippen LogP contribution in [0.25, 0.3) is 0 Å². The van der Waals surface area contributed by atoms with E-state index in [9.17, 15) is 24.3 Å². The molecule has 1 N–H and O–H groups in total. The molecule has 10 heteroatoms. The zero-order valence-electron chi connectivity index (χ0n) is 13.7. The SMILES string of the molecule is CC(=O)OCC1O[C@@H](O)C(OC(C)=O)C(OC(C)=O)C1OC(C)=O. The third-order valence-corrected chi connectivity index (χ3v) is 2.97. The summed E-state index contributed by atoms with van der Waals surface area (Å²) in [7, 11) is 0. The molecule has 10 nitrogen and oxygen atoms in total. The molecule has 1 fully saturated rings. The summed E-state index contributed by atoms with van der Waals surface area (Å²) in [6.07, 6.45) is -6.79. The lowest BCUT2D eigenvalue weighted by Gasteiger charge is -2.42. The molecule has 1 heterocycles. The molecule has 0 radical (unpaired) electrons. The van der Waals surface area contributed by atoms with Crippen molar-refractivity contribution in [1.82, 2.24) is 0 Å². The number of carbonyl (C=O) groups excluding carboxylic acids is 4. The molecule has 0 amide bonds. The van der Waals surface area contributed by atoms with Gasteiger partial charge in [-0.3, -0.25) is 19.2 Å². The smallest absolute Gasteiger partial charge is 0.303 e. The molecule has 4 unspecified atom stereocenters. The Hall–Kier alpha value is -2.20. The Morgan fingerprint density at radius 2 is 1.25 bits per heavy atom. The number of ether oxygens (including phenoxy) is 5. The third kappa shape index (κ3) is 5.78. The predicted molar refractivity (Wildman–Crippen MR) is 74.2 cm³/mol. The standard InChI is InChI=1S/C14H20O10/c1-6(15)20-5-10-11(21-7(2)16)12(22-8(3)17)13(14(19)24-10)23-9(4)18/h10-14,19H,5H2,1-4H3/t10?,11?,12?,13?,14-/m1/s1. The van der Waals surface area contributed by atoms with Crippen LogP contribution in [0, 0.1) is 0 Å². The number of hydrogen-bond donors (Lipinski definition) is 1. The van der Waals surface area contributed by atoms with Gasteiger partial charge in [0.1, 0.15) is 12.7 Å². The molecular weight excluding hydrogens is 328 g/mol. The second-order valence-electron chi connectivity index (χ2n) is 5.09. The van der Waals surface area contributed by atoms with Crippen molar-refractivity contribution < 1.29 is 48.0 Å². The Morgan fingerprint density at radius 3 is 1.71 bits per heavy atom. The molecule has 136 valence electrons. The van der Waals surface area contributed by atoms with E-state index >= 15 is 0 Å². The van der Waals surface area contributed by atoms with Crippen LogP contribution in [0.3, 0.4) is 0 Å². The second-order valence-corrected chi connectivity index (χ2v) is 5.09.